The van der Waals surface area contributed by atoms with Gasteiger partial charge >= 0.3 is 6.18 Å². The lowest BCUT2D eigenvalue weighted by Crippen LogP contribution is -2.40. The summed E-state index contributed by atoms with van der Waals surface area (Å²) in [4.78, 5) is 26.0. The zero-order valence-corrected chi connectivity index (χ0v) is 19.9. The van der Waals surface area contributed by atoms with E-state index in [9.17, 15) is 23.1 Å². The van der Waals surface area contributed by atoms with E-state index in [-0.39, 0.29) is 29.3 Å². The minimum absolute atomic E-state index is 0.0260. The van der Waals surface area contributed by atoms with Crippen LogP contribution < -0.4 is 16.2 Å². The Balaban J connectivity index is 1.62. The maximum Gasteiger partial charge on any atom is 0.422 e. The molecule has 0 saturated heterocycles. The SMILES string of the molecule is C=CCn1c(=O)c2cnc(Nc3ccc4c(c3)CCNC4)nc2n1-c1cccc(C(C)(O)C(F)(F)F)n1. The predicted octanol–water partition coefficient (Wildman–Crippen LogP) is 3.32. The molecule has 0 bridgehead atoms. The van der Waals surface area contributed by atoms with Crippen molar-refractivity contribution < 1.29 is 18.3 Å². The van der Waals surface area contributed by atoms with Crippen molar-refractivity contribution in [2.75, 3.05) is 11.9 Å². The Bertz CT molecular complexity index is 1560. The molecule has 1 aliphatic rings. The number of fused-ring (bicyclic) bond motifs is 2. The second-order valence-corrected chi connectivity index (χ2v) is 8.90. The minimum Gasteiger partial charge on any atom is -0.375 e. The Morgan fingerprint density at radius 1 is 1.22 bits per heavy atom. The molecule has 1 aromatic carbocycles. The Hall–Kier alpha value is -4.03. The summed E-state index contributed by atoms with van der Waals surface area (Å²) in [5.41, 5.74) is -0.950. The molecule has 1 unspecified atom stereocenters. The first-order valence-electron chi connectivity index (χ1n) is 11.6. The number of benzene rings is 1. The van der Waals surface area contributed by atoms with Crippen LogP contribution in [0.1, 0.15) is 23.7 Å². The number of hydrogen-bond acceptors (Lipinski definition) is 7. The number of allylic oxidation sites excluding steroid dienone is 1. The van der Waals surface area contributed by atoms with Crippen molar-refractivity contribution in [1.82, 2.24) is 29.6 Å². The molecular weight excluding hydrogens is 487 g/mol. The van der Waals surface area contributed by atoms with Crippen LogP contribution in [-0.2, 0) is 25.1 Å². The molecule has 3 aromatic heterocycles. The van der Waals surface area contributed by atoms with Gasteiger partial charge in [0.25, 0.3) is 5.56 Å². The van der Waals surface area contributed by atoms with Gasteiger partial charge in [-0.05, 0) is 55.3 Å². The quantitative estimate of drug-likeness (QED) is 0.341. The van der Waals surface area contributed by atoms with Crippen molar-refractivity contribution in [1.29, 1.82) is 0 Å². The molecule has 9 nitrogen and oxygen atoms in total. The summed E-state index contributed by atoms with van der Waals surface area (Å²) in [5, 5.41) is 16.8. The second-order valence-electron chi connectivity index (χ2n) is 8.90. The lowest BCUT2D eigenvalue weighted by atomic mass is 10.0. The predicted molar refractivity (Wildman–Crippen MR) is 132 cm³/mol. The highest BCUT2D eigenvalue weighted by Gasteiger charge is 2.52. The number of aliphatic hydroxyl groups is 1. The molecule has 4 heterocycles. The fraction of sp³-hybridized carbons (Fsp3) is 0.280. The number of nitrogens with zero attached hydrogens (tertiary/aromatic N) is 5. The zero-order chi connectivity index (χ0) is 26.4. The van der Waals surface area contributed by atoms with E-state index >= 15 is 0 Å². The summed E-state index contributed by atoms with van der Waals surface area (Å²) in [6, 6.07) is 9.77. The van der Waals surface area contributed by atoms with Gasteiger partial charge < -0.3 is 15.7 Å². The molecule has 0 radical (unpaired) electrons. The highest BCUT2D eigenvalue weighted by Crippen LogP contribution is 2.37. The van der Waals surface area contributed by atoms with E-state index in [1.165, 1.54) is 44.9 Å². The topological polar surface area (TPSA) is 110 Å². The summed E-state index contributed by atoms with van der Waals surface area (Å²) >= 11 is 0. The van der Waals surface area contributed by atoms with Gasteiger partial charge in [0, 0.05) is 18.4 Å². The zero-order valence-electron chi connectivity index (χ0n) is 19.9. The first-order valence-corrected chi connectivity index (χ1v) is 11.6. The fourth-order valence-electron chi connectivity index (χ4n) is 4.25. The minimum atomic E-state index is -4.96. The number of alkyl halides is 3. The van der Waals surface area contributed by atoms with Gasteiger partial charge in [0.1, 0.15) is 5.39 Å². The maximum absolute atomic E-state index is 13.5. The van der Waals surface area contributed by atoms with E-state index in [1.54, 1.807) is 0 Å². The van der Waals surface area contributed by atoms with Crippen LogP contribution >= 0.6 is 0 Å². The normalized spacial score (nSPS) is 15.3. The van der Waals surface area contributed by atoms with Gasteiger partial charge in [0.15, 0.2) is 17.1 Å². The molecule has 5 rings (SSSR count). The third-order valence-electron chi connectivity index (χ3n) is 6.33. The number of rotatable bonds is 6. The highest BCUT2D eigenvalue weighted by molar-refractivity contribution is 5.77. The third kappa shape index (κ3) is 4.38. The molecule has 1 aliphatic heterocycles. The first-order chi connectivity index (χ1) is 17.6. The Labute approximate surface area is 209 Å². The van der Waals surface area contributed by atoms with E-state index in [1.807, 2.05) is 18.2 Å². The van der Waals surface area contributed by atoms with E-state index < -0.39 is 23.0 Å². The third-order valence-corrected chi connectivity index (χ3v) is 6.33. The fourth-order valence-corrected chi connectivity index (χ4v) is 4.25. The summed E-state index contributed by atoms with van der Waals surface area (Å²) < 4.78 is 43.0. The van der Waals surface area contributed by atoms with Gasteiger partial charge in [-0.2, -0.15) is 18.2 Å². The molecule has 192 valence electrons. The van der Waals surface area contributed by atoms with Crippen molar-refractivity contribution in [2.45, 2.75) is 38.2 Å². The van der Waals surface area contributed by atoms with Crippen molar-refractivity contribution in [3.05, 3.63) is 82.4 Å². The number of pyridine rings is 1. The van der Waals surface area contributed by atoms with Crippen LogP contribution in [-0.4, -0.2) is 42.1 Å². The van der Waals surface area contributed by atoms with Gasteiger partial charge in [-0.15, -0.1) is 6.58 Å². The van der Waals surface area contributed by atoms with E-state index in [0.717, 1.165) is 31.3 Å². The molecule has 0 spiro atoms. The van der Waals surface area contributed by atoms with E-state index in [2.05, 4.69) is 32.2 Å². The maximum atomic E-state index is 13.5. The Morgan fingerprint density at radius 3 is 2.78 bits per heavy atom. The van der Waals surface area contributed by atoms with Crippen LogP contribution in [0.4, 0.5) is 24.8 Å². The molecule has 1 atom stereocenters. The standard InChI is InChI=1S/C25H24F3N7O2/c1-3-11-34-22(36)18-14-30-23(31-17-8-7-16-13-29-10-9-15(16)12-17)33-21(18)35(34)20-6-4-5-19(32-20)24(2,37)25(26,27)28/h3-8,12,14,29,37H,1,9-11,13H2,2H3,(H,30,31,33). The smallest absolute Gasteiger partial charge is 0.375 e. The largest absolute Gasteiger partial charge is 0.422 e. The highest BCUT2D eigenvalue weighted by atomic mass is 19.4. The van der Waals surface area contributed by atoms with E-state index in [0.29, 0.717) is 6.92 Å². The van der Waals surface area contributed by atoms with Gasteiger partial charge in [0.05, 0.1) is 12.2 Å². The summed E-state index contributed by atoms with van der Waals surface area (Å²) in [7, 11) is 0. The molecule has 0 fully saturated rings. The first kappa shape index (κ1) is 24.7. The van der Waals surface area contributed by atoms with Crippen LogP contribution in [0.5, 0.6) is 0 Å². The average Bonchev–Trinajstić information content (AvgIpc) is 3.14. The van der Waals surface area contributed by atoms with Crippen LogP contribution in [0.25, 0.3) is 16.9 Å². The number of anilines is 2. The van der Waals surface area contributed by atoms with Crippen LogP contribution in [0.3, 0.4) is 0 Å². The van der Waals surface area contributed by atoms with Crippen molar-refractivity contribution in [3.63, 3.8) is 0 Å². The Kier molecular flexibility index (Phi) is 6.08. The monoisotopic (exact) mass is 511 g/mol. The molecule has 0 aliphatic carbocycles. The van der Waals surface area contributed by atoms with Gasteiger partial charge in [-0.25, -0.2) is 19.3 Å². The second kappa shape index (κ2) is 9.12. The summed E-state index contributed by atoms with van der Waals surface area (Å²) in [6.45, 7) is 6.02. The molecule has 4 aromatic rings. The summed E-state index contributed by atoms with van der Waals surface area (Å²) in [5.74, 6) is 0.172. The molecule has 0 saturated carbocycles. The van der Waals surface area contributed by atoms with Crippen molar-refractivity contribution in [2.24, 2.45) is 0 Å². The number of nitrogens with one attached hydrogen (secondary N) is 2. The van der Waals surface area contributed by atoms with E-state index in [4.69, 9.17) is 0 Å². The molecule has 0 amide bonds. The molecule has 37 heavy (non-hydrogen) atoms. The van der Waals surface area contributed by atoms with Crippen LogP contribution in [0.15, 0.2) is 60.0 Å². The summed E-state index contributed by atoms with van der Waals surface area (Å²) in [6.07, 6.45) is -1.23. The number of hydrogen-bond donors (Lipinski definition) is 3. The molecule has 3 N–H and O–H groups in total. The number of aromatic nitrogens is 5. The molecule has 12 heteroatoms. The van der Waals surface area contributed by atoms with Crippen molar-refractivity contribution in [3.8, 4) is 5.82 Å². The van der Waals surface area contributed by atoms with Gasteiger partial charge in [-0.3, -0.25) is 4.79 Å². The Morgan fingerprint density at radius 2 is 2.03 bits per heavy atom. The van der Waals surface area contributed by atoms with Gasteiger partial charge in [0.2, 0.25) is 5.95 Å². The average molecular weight is 512 g/mol. The van der Waals surface area contributed by atoms with Crippen molar-refractivity contribution >= 4 is 22.7 Å². The lowest BCUT2D eigenvalue weighted by molar-refractivity contribution is -0.260. The lowest BCUT2D eigenvalue weighted by Gasteiger charge is -2.26. The van der Waals surface area contributed by atoms with Crippen LogP contribution in [0.2, 0.25) is 0 Å². The molecular formula is C25H24F3N7O2. The van der Waals surface area contributed by atoms with Gasteiger partial charge in [-0.1, -0.05) is 18.2 Å². The van der Waals surface area contributed by atoms with Crippen LogP contribution in [0, 0.1) is 0 Å². The number of halogens is 3.